The molecule has 0 saturated carbocycles. The van der Waals surface area contributed by atoms with Crippen molar-refractivity contribution < 1.29 is 23.1 Å². The maximum absolute atomic E-state index is 13.9. The molecular formula is C21H19FN4O5. The van der Waals surface area contributed by atoms with Crippen LogP contribution in [0.15, 0.2) is 45.9 Å². The molecule has 0 aliphatic heterocycles. The van der Waals surface area contributed by atoms with Gasteiger partial charge in [0, 0.05) is 28.9 Å². The van der Waals surface area contributed by atoms with Gasteiger partial charge in [-0.2, -0.15) is 0 Å². The molecular weight excluding hydrogens is 407 g/mol. The number of carbonyl (C=O) groups is 2. The highest BCUT2D eigenvalue weighted by molar-refractivity contribution is 6.01. The van der Waals surface area contributed by atoms with Crippen LogP contribution >= 0.6 is 0 Å². The molecule has 0 atom stereocenters. The van der Waals surface area contributed by atoms with Gasteiger partial charge in [-0.05, 0) is 45.0 Å². The van der Waals surface area contributed by atoms with Crippen LogP contribution in [-0.4, -0.2) is 31.7 Å². The molecule has 2 N–H and O–H groups in total. The summed E-state index contributed by atoms with van der Waals surface area (Å²) < 4.78 is 26.8. The molecule has 0 spiro atoms. The lowest BCUT2D eigenvalue weighted by molar-refractivity contribution is -0.118. The summed E-state index contributed by atoms with van der Waals surface area (Å²) >= 11 is 0. The number of ether oxygens (including phenoxy) is 1. The van der Waals surface area contributed by atoms with Crippen LogP contribution in [0.2, 0.25) is 0 Å². The van der Waals surface area contributed by atoms with Crippen LogP contribution in [0.3, 0.4) is 0 Å². The summed E-state index contributed by atoms with van der Waals surface area (Å²) in [7, 11) is 0. The molecule has 3 heterocycles. The van der Waals surface area contributed by atoms with Crippen LogP contribution in [0.1, 0.15) is 20.8 Å². The molecule has 1 amide bonds. The lowest BCUT2D eigenvalue weighted by Gasteiger charge is -2.19. The second-order valence-electron chi connectivity index (χ2n) is 8.02. The smallest absolute Gasteiger partial charge is 0.421 e. The van der Waals surface area contributed by atoms with E-state index in [2.05, 4.69) is 4.98 Å². The average molecular weight is 426 g/mol. The number of amides is 1. The number of benzene rings is 1. The van der Waals surface area contributed by atoms with E-state index in [1.54, 1.807) is 32.9 Å². The highest BCUT2D eigenvalue weighted by Gasteiger charge is 2.22. The molecule has 3 aromatic heterocycles. The van der Waals surface area contributed by atoms with Crippen molar-refractivity contribution in [3.8, 4) is 11.1 Å². The number of primary amides is 1. The summed E-state index contributed by atoms with van der Waals surface area (Å²) in [6, 6.07) is 5.61. The molecule has 0 aliphatic rings. The van der Waals surface area contributed by atoms with Crippen LogP contribution in [-0.2, 0) is 16.1 Å². The number of oxazole rings is 1. The van der Waals surface area contributed by atoms with Crippen LogP contribution in [0, 0.1) is 5.82 Å². The quantitative estimate of drug-likeness (QED) is 0.537. The minimum Gasteiger partial charge on any atom is -0.443 e. The van der Waals surface area contributed by atoms with Gasteiger partial charge in [0.05, 0.1) is 5.52 Å². The maximum atomic E-state index is 13.9. The van der Waals surface area contributed by atoms with E-state index in [9.17, 15) is 18.8 Å². The van der Waals surface area contributed by atoms with Gasteiger partial charge < -0.3 is 14.9 Å². The first kappa shape index (κ1) is 20.3. The van der Waals surface area contributed by atoms with Gasteiger partial charge in [-0.25, -0.2) is 23.5 Å². The average Bonchev–Trinajstić information content (AvgIpc) is 3.17. The molecule has 9 nitrogen and oxygen atoms in total. The summed E-state index contributed by atoms with van der Waals surface area (Å²) in [4.78, 5) is 40.2. The highest BCUT2D eigenvalue weighted by atomic mass is 19.1. The highest BCUT2D eigenvalue weighted by Crippen LogP contribution is 2.32. The van der Waals surface area contributed by atoms with Gasteiger partial charge in [-0.1, -0.05) is 0 Å². The first-order valence-corrected chi connectivity index (χ1v) is 9.35. The summed E-state index contributed by atoms with van der Waals surface area (Å²) in [6.45, 7) is 4.83. The van der Waals surface area contributed by atoms with Gasteiger partial charge in [-0.15, -0.1) is 0 Å². The monoisotopic (exact) mass is 426 g/mol. The van der Waals surface area contributed by atoms with Crippen LogP contribution < -0.4 is 11.5 Å². The SMILES string of the molecule is CC(C)(C)OC(=O)n1cc(-c2cnc3c(c2)oc(=O)n3CC(N)=O)c2ccc(F)cc21. The van der Waals surface area contributed by atoms with Crippen LogP contribution in [0.5, 0.6) is 0 Å². The fraction of sp³-hybridized carbons (Fsp3) is 0.238. The molecule has 4 aromatic rings. The molecule has 0 fully saturated rings. The minimum absolute atomic E-state index is 0.143. The third kappa shape index (κ3) is 3.79. The molecule has 0 unspecified atom stereocenters. The Balaban J connectivity index is 1.88. The Kier molecular flexibility index (Phi) is 4.64. The normalized spacial score (nSPS) is 11.9. The summed E-state index contributed by atoms with van der Waals surface area (Å²) in [5.74, 6) is -1.99. The Morgan fingerprint density at radius 1 is 1.26 bits per heavy atom. The standard InChI is InChI=1S/C21H19FN4O5/c1-21(2,3)31-20(29)25-9-14(13-5-4-12(22)7-15(13)25)11-6-16-18(24-8-11)26(10-17(23)27)19(28)30-16/h4-9H,10H2,1-3H3,(H2,23,27). The third-order valence-corrected chi connectivity index (χ3v) is 4.49. The Bertz CT molecular complexity index is 1410. The number of rotatable bonds is 3. The van der Waals surface area contributed by atoms with Crippen molar-refractivity contribution in [2.24, 2.45) is 5.73 Å². The minimum atomic E-state index is -0.767. The van der Waals surface area contributed by atoms with Gasteiger partial charge in [0.25, 0.3) is 0 Å². The van der Waals surface area contributed by atoms with E-state index in [1.807, 2.05) is 0 Å². The van der Waals surface area contributed by atoms with Crippen molar-refractivity contribution in [3.63, 3.8) is 0 Å². The zero-order valence-corrected chi connectivity index (χ0v) is 17.0. The molecule has 31 heavy (non-hydrogen) atoms. The molecule has 160 valence electrons. The van der Waals surface area contributed by atoms with Crippen molar-refractivity contribution in [3.05, 3.63) is 53.0 Å². The fourth-order valence-electron chi connectivity index (χ4n) is 3.29. The lowest BCUT2D eigenvalue weighted by Crippen LogP contribution is -2.26. The molecule has 4 rings (SSSR count). The number of hydrogen-bond donors (Lipinski definition) is 1. The molecule has 0 saturated heterocycles. The van der Waals surface area contributed by atoms with Crippen molar-refractivity contribution in [2.45, 2.75) is 32.9 Å². The van der Waals surface area contributed by atoms with Gasteiger partial charge in [-0.3, -0.25) is 9.36 Å². The van der Waals surface area contributed by atoms with E-state index >= 15 is 0 Å². The molecule has 10 heteroatoms. The van der Waals surface area contributed by atoms with Crippen molar-refractivity contribution in [2.75, 3.05) is 0 Å². The molecule has 0 radical (unpaired) electrons. The predicted molar refractivity (Wildman–Crippen MR) is 110 cm³/mol. The van der Waals surface area contributed by atoms with E-state index in [1.165, 1.54) is 29.1 Å². The van der Waals surface area contributed by atoms with E-state index in [-0.39, 0.29) is 17.8 Å². The summed E-state index contributed by atoms with van der Waals surface area (Å²) in [5.41, 5.74) is 6.12. The Morgan fingerprint density at radius 3 is 2.68 bits per heavy atom. The second kappa shape index (κ2) is 7.08. The van der Waals surface area contributed by atoms with Gasteiger partial charge in [0.2, 0.25) is 5.91 Å². The molecule has 0 aliphatic carbocycles. The number of nitrogens with two attached hydrogens (primary N) is 1. The number of aromatic nitrogens is 3. The largest absolute Gasteiger partial charge is 0.443 e. The third-order valence-electron chi connectivity index (χ3n) is 4.49. The van der Waals surface area contributed by atoms with Crippen LogP contribution in [0.25, 0.3) is 33.3 Å². The van der Waals surface area contributed by atoms with Crippen molar-refractivity contribution >= 4 is 34.1 Å². The second-order valence-corrected chi connectivity index (χ2v) is 8.02. The maximum Gasteiger partial charge on any atom is 0.421 e. The number of carbonyl (C=O) groups excluding carboxylic acids is 2. The number of hydrogen-bond acceptors (Lipinski definition) is 6. The Morgan fingerprint density at radius 2 is 2.00 bits per heavy atom. The Labute approximate surface area is 174 Å². The summed E-state index contributed by atoms with van der Waals surface area (Å²) in [5, 5.41) is 0.576. The van der Waals surface area contributed by atoms with Crippen molar-refractivity contribution in [1.82, 2.24) is 14.1 Å². The number of halogens is 1. The zero-order valence-electron chi connectivity index (χ0n) is 17.0. The number of nitrogens with zero attached hydrogens (tertiary/aromatic N) is 3. The van der Waals surface area contributed by atoms with E-state index < -0.39 is 29.2 Å². The van der Waals surface area contributed by atoms with Crippen LogP contribution in [0.4, 0.5) is 9.18 Å². The summed E-state index contributed by atoms with van der Waals surface area (Å²) in [6.07, 6.45) is 2.31. The molecule has 0 bridgehead atoms. The lowest BCUT2D eigenvalue weighted by atomic mass is 10.1. The van der Waals surface area contributed by atoms with Gasteiger partial charge in [0.1, 0.15) is 18.0 Å². The van der Waals surface area contributed by atoms with E-state index in [0.717, 1.165) is 4.57 Å². The van der Waals surface area contributed by atoms with Gasteiger partial charge >= 0.3 is 11.8 Å². The first-order chi connectivity index (χ1) is 14.5. The topological polar surface area (TPSA) is 122 Å². The Hall–Kier alpha value is -3.95. The van der Waals surface area contributed by atoms with Crippen molar-refractivity contribution in [1.29, 1.82) is 0 Å². The fourth-order valence-corrected chi connectivity index (χ4v) is 3.29. The van der Waals surface area contributed by atoms with Gasteiger partial charge in [0.15, 0.2) is 11.2 Å². The number of fused-ring (bicyclic) bond motifs is 2. The van der Waals surface area contributed by atoms with E-state index in [4.69, 9.17) is 14.9 Å². The zero-order chi connectivity index (χ0) is 22.5. The predicted octanol–water partition coefficient (Wildman–Crippen LogP) is 3.02. The molecule has 1 aromatic carbocycles. The first-order valence-electron chi connectivity index (χ1n) is 9.35. The van der Waals surface area contributed by atoms with E-state index in [0.29, 0.717) is 22.0 Å². The number of pyridine rings is 1.